The minimum Gasteiger partial charge on any atom is -0.477 e. The number of hydrogen-bond acceptors (Lipinski definition) is 3. The summed E-state index contributed by atoms with van der Waals surface area (Å²) in [6.07, 6.45) is 2.76. The molecule has 0 aliphatic rings. The third-order valence-electron chi connectivity index (χ3n) is 1.30. The zero-order valence-corrected chi connectivity index (χ0v) is 8.35. The molecule has 0 amide bonds. The van der Waals surface area contributed by atoms with Gasteiger partial charge in [-0.3, -0.25) is 0 Å². The topological polar surface area (TPSA) is 81.1 Å². The zero-order chi connectivity index (χ0) is 8.27. The standard InChI is InChI=1S/C6H9N3O2.2ClH/c7-1-2-9-4-8-3-5(9)6(10)11;;/h3-4H,1-2,7H2,(H,10,11);2*1H. The number of imidazole rings is 1. The van der Waals surface area contributed by atoms with Gasteiger partial charge in [-0.15, -0.1) is 24.8 Å². The molecule has 0 fully saturated rings. The number of aromatic nitrogens is 2. The molecule has 0 bridgehead atoms. The molecular formula is C6H11Cl2N3O2. The van der Waals surface area contributed by atoms with Gasteiger partial charge in [0.2, 0.25) is 0 Å². The average Bonchev–Trinajstić information content (AvgIpc) is 2.36. The number of aromatic carboxylic acids is 1. The van der Waals surface area contributed by atoms with Crippen molar-refractivity contribution in [3.8, 4) is 0 Å². The second-order valence-corrected chi connectivity index (χ2v) is 2.07. The molecule has 13 heavy (non-hydrogen) atoms. The highest BCUT2D eigenvalue weighted by Gasteiger charge is 2.07. The Balaban J connectivity index is 0. The highest BCUT2D eigenvalue weighted by atomic mass is 35.5. The van der Waals surface area contributed by atoms with E-state index in [0.717, 1.165) is 0 Å². The van der Waals surface area contributed by atoms with Crippen molar-refractivity contribution in [2.45, 2.75) is 6.54 Å². The van der Waals surface area contributed by atoms with E-state index >= 15 is 0 Å². The summed E-state index contributed by atoms with van der Waals surface area (Å²) in [4.78, 5) is 14.1. The van der Waals surface area contributed by atoms with Crippen LogP contribution in [0, 0.1) is 0 Å². The number of carboxylic acid groups (broad SMARTS) is 1. The van der Waals surface area contributed by atoms with E-state index in [1.807, 2.05) is 0 Å². The maximum absolute atomic E-state index is 10.5. The first-order chi connectivity index (χ1) is 5.25. The largest absolute Gasteiger partial charge is 0.477 e. The molecule has 1 aromatic heterocycles. The Labute approximate surface area is 87.8 Å². The maximum Gasteiger partial charge on any atom is 0.354 e. The Kier molecular flexibility index (Phi) is 7.60. The van der Waals surface area contributed by atoms with Crippen molar-refractivity contribution in [2.24, 2.45) is 5.73 Å². The second-order valence-electron chi connectivity index (χ2n) is 2.07. The van der Waals surface area contributed by atoms with Crippen LogP contribution < -0.4 is 5.73 Å². The molecule has 1 aromatic rings. The van der Waals surface area contributed by atoms with Gasteiger partial charge in [0.15, 0.2) is 0 Å². The van der Waals surface area contributed by atoms with Crippen LogP contribution in [0.5, 0.6) is 0 Å². The molecule has 0 spiro atoms. The summed E-state index contributed by atoms with van der Waals surface area (Å²) in [7, 11) is 0. The van der Waals surface area contributed by atoms with Gasteiger partial charge < -0.3 is 15.4 Å². The van der Waals surface area contributed by atoms with Crippen LogP contribution in [0.1, 0.15) is 10.5 Å². The van der Waals surface area contributed by atoms with Gasteiger partial charge in [0.25, 0.3) is 0 Å². The smallest absolute Gasteiger partial charge is 0.354 e. The SMILES string of the molecule is Cl.Cl.NCCn1cncc1C(=O)O. The molecule has 0 aliphatic carbocycles. The highest BCUT2D eigenvalue weighted by molar-refractivity contribution is 5.86. The van der Waals surface area contributed by atoms with Crippen LogP contribution in [-0.4, -0.2) is 27.2 Å². The van der Waals surface area contributed by atoms with Crippen molar-refractivity contribution in [1.29, 1.82) is 0 Å². The number of halogens is 2. The molecule has 0 aliphatic heterocycles. The summed E-state index contributed by atoms with van der Waals surface area (Å²) < 4.78 is 1.50. The van der Waals surface area contributed by atoms with Crippen LogP contribution in [0.25, 0.3) is 0 Å². The Morgan fingerprint density at radius 1 is 1.62 bits per heavy atom. The molecule has 0 saturated carbocycles. The lowest BCUT2D eigenvalue weighted by molar-refractivity contribution is 0.0685. The van der Waals surface area contributed by atoms with Crippen LogP contribution in [-0.2, 0) is 6.54 Å². The lowest BCUT2D eigenvalue weighted by atomic mass is 10.4. The van der Waals surface area contributed by atoms with Crippen molar-refractivity contribution >= 4 is 30.8 Å². The minimum absolute atomic E-state index is 0. The van der Waals surface area contributed by atoms with Crippen molar-refractivity contribution in [2.75, 3.05) is 6.54 Å². The van der Waals surface area contributed by atoms with Crippen LogP contribution in [0.15, 0.2) is 12.5 Å². The normalized spacial score (nSPS) is 8.38. The summed E-state index contributed by atoms with van der Waals surface area (Å²) in [5.41, 5.74) is 5.42. The van der Waals surface area contributed by atoms with E-state index < -0.39 is 5.97 Å². The maximum atomic E-state index is 10.5. The number of nitrogens with two attached hydrogens (primary N) is 1. The van der Waals surface area contributed by atoms with E-state index in [1.165, 1.54) is 17.1 Å². The van der Waals surface area contributed by atoms with E-state index in [4.69, 9.17) is 10.8 Å². The number of carbonyl (C=O) groups is 1. The second kappa shape index (κ2) is 6.71. The molecule has 0 saturated heterocycles. The molecule has 3 N–H and O–H groups in total. The van der Waals surface area contributed by atoms with E-state index in [9.17, 15) is 4.79 Å². The van der Waals surface area contributed by atoms with Crippen LogP contribution in [0.4, 0.5) is 0 Å². The average molecular weight is 228 g/mol. The van der Waals surface area contributed by atoms with Crippen LogP contribution in [0.3, 0.4) is 0 Å². The van der Waals surface area contributed by atoms with Gasteiger partial charge in [0.05, 0.1) is 12.5 Å². The lowest BCUT2D eigenvalue weighted by Crippen LogP contribution is -2.13. The Bertz CT molecular complexity index is 264. The van der Waals surface area contributed by atoms with Gasteiger partial charge in [-0.05, 0) is 0 Å². The lowest BCUT2D eigenvalue weighted by Gasteiger charge is -2.00. The van der Waals surface area contributed by atoms with Crippen molar-refractivity contribution in [3.05, 3.63) is 18.2 Å². The Hall–Kier alpha value is -0.780. The van der Waals surface area contributed by atoms with Crippen molar-refractivity contribution < 1.29 is 9.90 Å². The van der Waals surface area contributed by atoms with Gasteiger partial charge in [-0.2, -0.15) is 0 Å². The number of nitrogens with zero attached hydrogens (tertiary/aromatic N) is 2. The first-order valence-electron chi connectivity index (χ1n) is 3.19. The fourth-order valence-electron chi connectivity index (χ4n) is 0.816. The summed E-state index contributed by atoms with van der Waals surface area (Å²) in [5.74, 6) is -0.976. The van der Waals surface area contributed by atoms with E-state index in [0.29, 0.717) is 13.1 Å². The first-order valence-corrected chi connectivity index (χ1v) is 3.19. The predicted molar refractivity (Wildman–Crippen MR) is 52.7 cm³/mol. The van der Waals surface area contributed by atoms with Crippen LogP contribution in [0.2, 0.25) is 0 Å². The predicted octanol–water partition coefficient (Wildman–Crippen LogP) is 0.384. The van der Waals surface area contributed by atoms with Gasteiger partial charge in [-0.25, -0.2) is 9.78 Å². The molecule has 0 unspecified atom stereocenters. The number of hydrogen-bond donors (Lipinski definition) is 2. The molecule has 7 heteroatoms. The quantitative estimate of drug-likeness (QED) is 0.783. The molecule has 5 nitrogen and oxygen atoms in total. The summed E-state index contributed by atoms with van der Waals surface area (Å²) in [6, 6.07) is 0. The fourth-order valence-corrected chi connectivity index (χ4v) is 0.816. The van der Waals surface area contributed by atoms with Gasteiger partial charge in [0, 0.05) is 13.1 Å². The van der Waals surface area contributed by atoms with E-state index in [1.54, 1.807) is 0 Å². The summed E-state index contributed by atoms with van der Waals surface area (Å²) in [6.45, 7) is 0.901. The van der Waals surface area contributed by atoms with Crippen molar-refractivity contribution in [1.82, 2.24) is 9.55 Å². The van der Waals surface area contributed by atoms with Crippen LogP contribution >= 0.6 is 24.8 Å². The molecule has 1 rings (SSSR count). The Morgan fingerprint density at radius 3 is 2.69 bits per heavy atom. The molecule has 0 aromatic carbocycles. The Morgan fingerprint density at radius 2 is 2.23 bits per heavy atom. The van der Waals surface area contributed by atoms with Gasteiger partial charge in [0.1, 0.15) is 5.69 Å². The number of carboxylic acids is 1. The summed E-state index contributed by atoms with van der Waals surface area (Å²) >= 11 is 0. The first kappa shape index (κ1) is 14.7. The van der Waals surface area contributed by atoms with E-state index in [-0.39, 0.29) is 30.5 Å². The third kappa shape index (κ3) is 3.63. The number of rotatable bonds is 3. The van der Waals surface area contributed by atoms with Gasteiger partial charge in [-0.1, -0.05) is 0 Å². The van der Waals surface area contributed by atoms with Crippen molar-refractivity contribution in [3.63, 3.8) is 0 Å². The summed E-state index contributed by atoms with van der Waals surface area (Å²) in [5, 5.41) is 8.58. The molecule has 0 atom stereocenters. The zero-order valence-electron chi connectivity index (χ0n) is 6.71. The minimum atomic E-state index is -0.976. The molecule has 1 heterocycles. The molecule has 0 radical (unpaired) electrons. The monoisotopic (exact) mass is 227 g/mol. The fraction of sp³-hybridized carbons (Fsp3) is 0.333. The van der Waals surface area contributed by atoms with E-state index in [2.05, 4.69) is 4.98 Å². The molecular weight excluding hydrogens is 217 g/mol. The third-order valence-corrected chi connectivity index (χ3v) is 1.30. The molecule has 76 valence electrons. The highest BCUT2D eigenvalue weighted by Crippen LogP contribution is 1.97. The van der Waals surface area contributed by atoms with Gasteiger partial charge >= 0.3 is 5.97 Å².